The number of benzene rings is 2. The van der Waals surface area contributed by atoms with Crippen LogP contribution in [0.15, 0.2) is 48.5 Å². The van der Waals surface area contributed by atoms with E-state index in [9.17, 15) is 14.7 Å². The van der Waals surface area contributed by atoms with E-state index in [1.54, 1.807) is 12.1 Å². The SMILES string of the molecule is CC(C)(C)N(CCc1cccc(-c2ccc(C(N)=O)cc2)c1)C(=O)O. The summed E-state index contributed by atoms with van der Waals surface area (Å²) in [5.74, 6) is -0.448. The van der Waals surface area contributed by atoms with Crippen LogP contribution in [0.1, 0.15) is 36.7 Å². The predicted octanol–water partition coefficient (Wildman–Crippen LogP) is 3.77. The molecule has 0 aliphatic rings. The minimum Gasteiger partial charge on any atom is -0.465 e. The fourth-order valence-electron chi connectivity index (χ4n) is 2.69. The van der Waals surface area contributed by atoms with Gasteiger partial charge in [0, 0.05) is 17.6 Å². The molecular formula is C20H24N2O3. The van der Waals surface area contributed by atoms with E-state index in [1.165, 1.54) is 4.90 Å². The van der Waals surface area contributed by atoms with Crippen molar-refractivity contribution in [1.29, 1.82) is 0 Å². The quantitative estimate of drug-likeness (QED) is 0.869. The van der Waals surface area contributed by atoms with Gasteiger partial charge in [-0.15, -0.1) is 0 Å². The van der Waals surface area contributed by atoms with Crippen LogP contribution in [-0.2, 0) is 6.42 Å². The maximum Gasteiger partial charge on any atom is 0.407 e. The summed E-state index contributed by atoms with van der Waals surface area (Å²) in [4.78, 5) is 24.0. The molecule has 0 radical (unpaired) electrons. The van der Waals surface area contributed by atoms with Gasteiger partial charge in [-0.05, 0) is 56.0 Å². The molecule has 0 aromatic heterocycles. The maximum atomic E-state index is 11.4. The molecule has 0 atom stereocenters. The molecule has 0 aliphatic heterocycles. The Hall–Kier alpha value is -2.82. The van der Waals surface area contributed by atoms with E-state index in [0.29, 0.717) is 18.5 Å². The van der Waals surface area contributed by atoms with Gasteiger partial charge >= 0.3 is 6.09 Å². The van der Waals surface area contributed by atoms with Crippen molar-refractivity contribution in [1.82, 2.24) is 4.90 Å². The normalized spacial score (nSPS) is 11.2. The second-order valence-corrected chi connectivity index (χ2v) is 7.00. The Bertz CT molecular complexity index is 761. The molecule has 2 amide bonds. The summed E-state index contributed by atoms with van der Waals surface area (Å²) in [5, 5.41) is 9.38. The smallest absolute Gasteiger partial charge is 0.407 e. The Morgan fingerprint density at radius 2 is 1.68 bits per heavy atom. The third-order valence-electron chi connectivity index (χ3n) is 4.09. The van der Waals surface area contributed by atoms with Crippen molar-refractivity contribution in [2.75, 3.05) is 6.54 Å². The molecule has 0 aliphatic carbocycles. The third-order valence-corrected chi connectivity index (χ3v) is 4.09. The summed E-state index contributed by atoms with van der Waals surface area (Å²) < 4.78 is 0. The first-order valence-corrected chi connectivity index (χ1v) is 8.18. The number of carbonyl (C=O) groups is 2. The Kier molecular flexibility index (Phi) is 5.47. The molecule has 132 valence electrons. The predicted molar refractivity (Wildman–Crippen MR) is 98.6 cm³/mol. The molecule has 25 heavy (non-hydrogen) atoms. The zero-order valence-corrected chi connectivity index (χ0v) is 14.8. The Morgan fingerprint density at radius 1 is 1.04 bits per heavy atom. The number of primary amides is 1. The van der Waals surface area contributed by atoms with Crippen molar-refractivity contribution in [3.63, 3.8) is 0 Å². The van der Waals surface area contributed by atoms with Crippen molar-refractivity contribution < 1.29 is 14.7 Å². The first-order chi connectivity index (χ1) is 11.7. The van der Waals surface area contributed by atoms with E-state index in [1.807, 2.05) is 57.2 Å². The Morgan fingerprint density at radius 3 is 2.20 bits per heavy atom. The summed E-state index contributed by atoms with van der Waals surface area (Å²) in [6.45, 7) is 6.09. The van der Waals surface area contributed by atoms with Gasteiger partial charge in [-0.3, -0.25) is 4.79 Å². The lowest BCUT2D eigenvalue weighted by Crippen LogP contribution is -2.45. The number of carbonyl (C=O) groups excluding carboxylic acids is 1. The number of carboxylic acid groups (broad SMARTS) is 1. The van der Waals surface area contributed by atoms with Crippen LogP contribution in [-0.4, -0.2) is 34.1 Å². The van der Waals surface area contributed by atoms with E-state index in [-0.39, 0.29) is 0 Å². The molecule has 0 unspecified atom stereocenters. The van der Waals surface area contributed by atoms with Crippen LogP contribution in [0.3, 0.4) is 0 Å². The van der Waals surface area contributed by atoms with Gasteiger partial charge in [-0.2, -0.15) is 0 Å². The van der Waals surface area contributed by atoms with Crippen LogP contribution in [0.5, 0.6) is 0 Å². The van der Waals surface area contributed by atoms with Crippen LogP contribution in [0.25, 0.3) is 11.1 Å². The highest BCUT2D eigenvalue weighted by Gasteiger charge is 2.25. The lowest BCUT2D eigenvalue weighted by atomic mass is 10.00. The number of nitrogens with zero attached hydrogens (tertiary/aromatic N) is 1. The number of hydrogen-bond acceptors (Lipinski definition) is 2. The van der Waals surface area contributed by atoms with Crippen LogP contribution in [0.4, 0.5) is 4.79 Å². The Balaban J connectivity index is 2.16. The van der Waals surface area contributed by atoms with Gasteiger partial charge < -0.3 is 15.7 Å². The van der Waals surface area contributed by atoms with Gasteiger partial charge in [0.25, 0.3) is 0 Å². The molecular weight excluding hydrogens is 316 g/mol. The molecule has 0 fully saturated rings. The fraction of sp³-hybridized carbons (Fsp3) is 0.300. The third kappa shape index (κ3) is 4.83. The van der Waals surface area contributed by atoms with Crippen molar-refractivity contribution in [2.24, 2.45) is 5.73 Å². The van der Waals surface area contributed by atoms with E-state index in [2.05, 4.69) is 0 Å². The average molecular weight is 340 g/mol. The number of nitrogens with two attached hydrogens (primary N) is 1. The molecule has 0 spiro atoms. The summed E-state index contributed by atoms with van der Waals surface area (Å²) in [5.41, 5.74) is 8.37. The molecule has 0 bridgehead atoms. The van der Waals surface area contributed by atoms with Crippen LogP contribution < -0.4 is 5.73 Å². The second-order valence-electron chi connectivity index (χ2n) is 7.00. The zero-order chi connectivity index (χ0) is 18.6. The van der Waals surface area contributed by atoms with E-state index in [0.717, 1.165) is 16.7 Å². The minimum atomic E-state index is -0.911. The Labute approximate surface area is 148 Å². The highest BCUT2D eigenvalue weighted by atomic mass is 16.4. The van der Waals surface area contributed by atoms with E-state index < -0.39 is 17.5 Å². The maximum absolute atomic E-state index is 11.4. The lowest BCUT2D eigenvalue weighted by Gasteiger charge is -2.33. The average Bonchev–Trinajstić information content (AvgIpc) is 2.54. The monoisotopic (exact) mass is 340 g/mol. The molecule has 5 nitrogen and oxygen atoms in total. The number of hydrogen-bond donors (Lipinski definition) is 2. The molecule has 3 N–H and O–H groups in total. The molecule has 0 heterocycles. The standard InChI is InChI=1S/C20H24N2O3/c1-20(2,3)22(19(24)25)12-11-14-5-4-6-17(13-14)15-7-9-16(10-8-15)18(21)23/h4-10,13H,11-12H2,1-3H3,(H2,21,23)(H,24,25). The molecule has 2 aromatic carbocycles. The van der Waals surface area contributed by atoms with Gasteiger partial charge in [-0.25, -0.2) is 4.79 Å². The first kappa shape index (κ1) is 18.5. The second kappa shape index (κ2) is 7.38. The highest BCUT2D eigenvalue weighted by Crippen LogP contribution is 2.22. The molecule has 0 saturated heterocycles. The van der Waals surface area contributed by atoms with Crippen molar-refractivity contribution in [3.8, 4) is 11.1 Å². The van der Waals surface area contributed by atoms with Crippen LogP contribution >= 0.6 is 0 Å². The van der Waals surface area contributed by atoms with Gasteiger partial charge in [0.2, 0.25) is 5.91 Å². The van der Waals surface area contributed by atoms with Gasteiger partial charge in [0.1, 0.15) is 0 Å². The summed E-state index contributed by atoms with van der Waals surface area (Å²) in [6, 6.07) is 15.1. The van der Waals surface area contributed by atoms with Crippen LogP contribution in [0.2, 0.25) is 0 Å². The van der Waals surface area contributed by atoms with Gasteiger partial charge in [0.05, 0.1) is 0 Å². The van der Waals surface area contributed by atoms with E-state index >= 15 is 0 Å². The van der Waals surface area contributed by atoms with Crippen LogP contribution in [0, 0.1) is 0 Å². The molecule has 0 saturated carbocycles. The summed E-state index contributed by atoms with van der Waals surface area (Å²) in [6.07, 6.45) is -0.276. The van der Waals surface area contributed by atoms with E-state index in [4.69, 9.17) is 5.73 Å². The summed E-state index contributed by atoms with van der Waals surface area (Å²) >= 11 is 0. The molecule has 5 heteroatoms. The van der Waals surface area contributed by atoms with Gasteiger partial charge in [-0.1, -0.05) is 36.4 Å². The van der Waals surface area contributed by atoms with Crippen molar-refractivity contribution in [3.05, 3.63) is 59.7 Å². The number of rotatable bonds is 5. The molecule has 2 rings (SSSR count). The zero-order valence-electron chi connectivity index (χ0n) is 14.8. The minimum absolute atomic E-state index is 0.433. The lowest BCUT2D eigenvalue weighted by molar-refractivity contribution is 0.0994. The fourth-order valence-corrected chi connectivity index (χ4v) is 2.69. The summed E-state index contributed by atoms with van der Waals surface area (Å²) in [7, 11) is 0. The topological polar surface area (TPSA) is 83.6 Å². The van der Waals surface area contributed by atoms with Crippen molar-refractivity contribution in [2.45, 2.75) is 32.7 Å². The number of amides is 2. The van der Waals surface area contributed by atoms with Gasteiger partial charge in [0.15, 0.2) is 0 Å². The highest BCUT2D eigenvalue weighted by molar-refractivity contribution is 5.93. The largest absolute Gasteiger partial charge is 0.465 e. The first-order valence-electron chi connectivity index (χ1n) is 8.18. The van der Waals surface area contributed by atoms with Crippen molar-refractivity contribution >= 4 is 12.0 Å². The molecule has 2 aromatic rings.